The summed E-state index contributed by atoms with van der Waals surface area (Å²) in [7, 11) is 0. The highest BCUT2D eigenvalue weighted by Crippen LogP contribution is 2.17. The van der Waals surface area contributed by atoms with Gasteiger partial charge in [0.25, 0.3) is 5.91 Å². The molecule has 0 spiro atoms. The number of piperidine rings is 1. The van der Waals surface area contributed by atoms with E-state index in [-0.39, 0.29) is 11.5 Å². The van der Waals surface area contributed by atoms with Gasteiger partial charge >= 0.3 is 5.97 Å². The molecule has 1 aliphatic heterocycles. The fraction of sp³-hybridized carbons (Fsp3) is 0.286. The van der Waals surface area contributed by atoms with Crippen LogP contribution in [0, 0.1) is 0 Å². The van der Waals surface area contributed by atoms with Crippen molar-refractivity contribution in [2.75, 3.05) is 13.1 Å². The summed E-state index contributed by atoms with van der Waals surface area (Å²) in [6.07, 6.45) is 1.65. The second-order valence-electron chi connectivity index (χ2n) is 4.43. The van der Waals surface area contributed by atoms with E-state index in [0.717, 1.165) is 12.8 Å². The smallest absolute Gasteiger partial charge is 0.335 e. The zero-order valence-electron chi connectivity index (χ0n) is 10.1. The zero-order chi connectivity index (χ0) is 13.1. The molecule has 1 aliphatic rings. The minimum absolute atomic E-state index is 0.106. The van der Waals surface area contributed by atoms with E-state index >= 15 is 0 Å². The maximum atomic E-state index is 12.2. The maximum absolute atomic E-state index is 12.2. The lowest BCUT2D eigenvalue weighted by molar-refractivity contribution is 0.0697. The Kier molecular flexibility index (Phi) is 3.46. The van der Waals surface area contributed by atoms with Gasteiger partial charge in [0.1, 0.15) is 0 Å². The van der Waals surface area contributed by atoms with Crippen LogP contribution in [0.1, 0.15) is 33.6 Å². The molecule has 4 nitrogen and oxygen atoms in total. The van der Waals surface area contributed by atoms with Crippen molar-refractivity contribution in [2.45, 2.75) is 12.8 Å². The molecule has 0 saturated carbocycles. The summed E-state index contributed by atoms with van der Waals surface area (Å²) < 4.78 is 0. The molecular formula is C14H15NO3. The van der Waals surface area contributed by atoms with Crippen molar-refractivity contribution < 1.29 is 14.7 Å². The molecule has 0 radical (unpaired) electrons. The van der Waals surface area contributed by atoms with Gasteiger partial charge in [0.2, 0.25) is 0 Å². The number of carbonyl (C=O) groups excluding carboxylic acids is 1. The monoisotopic (exact) mass is 245 g/mol. The number of hydrogen-bond donors (Lipinski definition) is 1. The lowest BCUT2D eigenvalue weighted by Gasteiger charge is -2.28. The van der Waals surface area contributed by atoms with Gasteiger partial charge in [-0.3, -0.25) is 4.79 Å². The third-order valence-electron chi connectivity index (χ3n) is 3.11. The predicted molar refractivity (Wildman–Crippen MR) is 67.7 cm³/mol. The first-order chi connectivity index (χ1) is 8.58. The number of aromatic carboxylic acids is 1. The molecule has 1 heterocycles. The summed E-state index contributed by atoms with van der Waals surface area (Å²) in [6, 6.07) is 6.16. The fourth-order valence-electron chi connectivity index (χ4n) is 1.99. The lowest BCUT2D eigenvalue weighted by atomic mass is 10.0. The molecule has 0 atom stereocenters. The van der Waals surface area contributed by atoms with Gasteiger partial charge < -0.3 is 10.0 Å². The third-order valence-corrected chi connectivity index (χ3v) is 3.11. The van der Waals surface area contributed by atoms with Crippen LogP contribution in [-0.2, 0) is 0 Å². The van der Waals surface area contributed by atoms with Gasteiger partial charge in [0.05, 0.1) is 5.56 Å². The molecular weight excluding hydrogens is 230 g/mol. The number of carboxylic acid groups (broad SMARTS) is 1. The topological polar surface area (TPSA) is 57.6 Å². The van der Waals surface area contributed by atoms with Crippen molar-refractivity contribution in [3.05, 3.63) is 47.5 Å². The van der Waals surface area contributed by atoms with Gasteiger partial charge in [-0.05, 0) is 31.0 Å². The van der Waals surface area contributed by atoms with E-state index in [1.165, 1.54) is 17.7 Å². The SMILES string of the molecule is C=C1CCN(C(=O)c2cccc(C(=O)O)c2)CC1. The van der Waals surface area contributed by atoms with Crippen molar-refractivity contribution in [3.63, 3.8) is 0 Å². The van der Waals surface area contributed by atoms with Gasteiger partial charge in [-0.15, -0.1) is 0 Å². The molecule has 0 unspecified atom stereocenters. The Bertz CT molecular complexity index is 498. The maximum Gasteiger partial charge on any atom is 0.335 e. The molecule has 18 heavy (non-hydrogen) atoms. The van der Waals surface area contributed by atoms with E-state index in [2.05, 4.69) is 6.58 Å². The number of hydrogen-bond acceptors (Lipinski definition) is 2. The van der Waals surface area contributed by atoms with Crippen LogP contribution in [-0.4, -0.2) is 35.0 Å². The zero-order valence-corrected chi connectivity index (χ0v) is 10.1. The second-order valence-corrected chi connectivity index (χ2v) is 4.43. The van der Waals surface area contributed by atoms with Crippen molar-refractivity contribution in [1.29, 1.82) is 0 Å². The highest BCUT2D eigenvalue weighted by Gasteiger charge is 2.20. The van der Waals surface area contributed by atoms with E-state index in [1.54, 1.807) is 17.0 Å². The van der Waals surface area contributed by atoms with E-state index in [4.69, 9.17) is 5.11 Å². The van der Waals surface area contributed by atoms with Gasteiger partial charge in [0, 0.05) is 18.7 Å². The number of amides is 1. The third kappa shape index (κ3) is 2.59. The number of carboxylic acids is 1. The first-order valence-corrected chi connectivity index (χ1v) is 5.87. The molecule has 1 saturated heterocycles. The summed E-state index contributed by atoms with van der Waals surface area (Å²) in [5, 5.41) is 8.90. The van der Waals surface area contributed by atoms with Crippen LogP contribution in [0.25, 0.3) is 0 Å². The Labute approximate surface area is 106 Å². The lowest BCUT2D eigenvalue weighted by Crippen LogP contribution is -2.36. The molecule has 0 aliphatic carbocycles. The Hall–Kier alpha value is -2.10. The van der Waals surface area contributed by atoms with E-state index in [0.29, 0.717) is 18.7 Å². The van der Waals surface area contributed by atoms with Crippen molar-refractivity contribution in [1.82, 2.24) is 4.90 Å². The molecule has 1 aromatic carbocycles. The Morgan fingerprint density at radius 1 is 1.17 bits per heavy atom. The summed E-state index contributed by atoms with van der Waals surface area (Å²) in [5.41, 5.74) is 1.74. The van der Waals surface area contributed by atoms with E-state index in [9.17, 15) is 9.59 Å². The molecule has 0 bridgehead atoms. The molecule has 1 N–H and O–H groups in total. The van der Waals surface area contributed by atoms with Gasteiger partial charge in [-0.2, -0.15) is 0 Å². The molecule has 1 aromatic rings. The largest absolute Gasteiger partial charge is 0.478 e. The van der Waals surface area contributed by atoms with E-state index in [1.807, 2.05) is 0 Å². The summed E-state index contributed by atoms with van der Waals surface area (Å²) in [6.45, 7) is 5.23. The normalized spacial score (nSPS) is 15.6. The summed E-state index contributed by atoms with van der Waals surface area (Å²) >= 11 is 0. The molecule has 2 rings (SSSR count). The molecule has 1 fully saturated rings. The Balaban J connectivity index is 2.16. The van der Waals surface area contributed by atoms with Crippen LogP contribution in [0.3, 0.4) is 0 Å². The standard InChI is InChI=1S/C14H15NO3/c1-10-5-7-15(8-6-10)13(16)11-3-2-4-12(9-11)14(17)18/h2-4,9H,1,5-8H2,(H,17,18). The minimum atomic E-state index is -1.02. The quantitative estimate of drug-likeness (QED) is 0.812. The number of likely N-dealkylation sites (tertiary alicyclic amines) is 1. The van der Waals surface area contributed by atoms with Gasteiger partial charge in [0.15, 0.2) is 0 Å². The van der Waals surface area contributed by atoms with Crippen LogP contribution in [0.4, 0.5) is 0 Å². The average molecular weight is 245 g/mol. The van der Waals surface area contributed by atoms with Crippen LogP contribution in [0.15, 0.2) is 36.4 Å². The Morgan fingerprint density at radius 3 is 2.39 bits per heavy atom. The fourth-order valence-corrected chi connectivity index (χ4v) is 1.99. The highest BCUT2D eigenvalue weighted by molar-refractivity contribution is 5.97. The summed E-state index contributed by atoms with van der Waals surface area (Å²) in [5.74, 6) is -1.12. The summed E-state index contributed by atoms with van der Waals surface area (Å²) in [4.78, 5) is 24.8. The minimum Gasteiger partial charge on any atom is -0.478 e. The average Bonchev–Trinajstić information content (AvgIpc) is 2.39. The second kappa shape index (κ2) is 5.04. The first-order valence-electron chi connectivity index (χ1n) is 5.87. The number of carbonyl (C=O) groups is 2. The van der Waals surface area contributed by atoms with Crippen LogP contribution >= 0.6 is 0 Å². The highest BCUT2D eigenvalue weighted by atomic mass is 16.4. The number of rotatable bonds is 2. The number of benzene rings is 1. The van der Waals surface area contributed by atoms with Crippen LogP contribution < -0.4 is 0 Å². The Morgan fingerprint density at radius 2 is 1.78 bits per heavy atom. The number of nitrogens with zero attached hydrogens (tertiary/aromatic N) is 1. The van der Waals surface area contributed by atoms with Gasteiger partial charge in [-0.25, -0.2) is 4.79 Å². The van der Waals surface area contributed by atoms with Crippen molar-refractivity contribution in [3.8, 4) is 0 Å². The predicted octanol–water partition coefficient (Wildman–Crippen LogP) is 2.18. The van der Waals surface area contributed by atoms with Crippen LogP contribution in [0.5, 0.6) is 0 Å². The van der Waals surface area contributed by atoms with Crippen LogP contribution in [0.2, 0.25) is 0 Å². The molecule has 4 heteroatoms. The molecule has 1 amide bonds. The van der Waals surface area contributed by atoms with E-state index < -0.39 is 5.97 Å². The van der Waals surface area contributed by atoms with Gasteiger partial charge in [-0.1, -0.05) is 18.2 Å². The van der Waals surface area contributed by atoms with Crippen molar-refractivity contribution in [2.24, 2.45) is 0 Å². The van der Waals surface area contributed by atoms with Crippen molar-refractivity contribution >= 4 is 11.9 Å². The molecule has 94 valence electrons. The first kappa shape index (κ1) is 12.4. The molecule has 0 aromatic heterocycles.